The Hall–Kier alpha value is -2.57. The Balaban J connectivity index is 2.00. The number of nitrogens with zero attached hydrogens (tertiary/aromatic N) is 2. The van der Waals surface area contributed by atoms with E-state index in [4.69, 9.17) is 9.52 Å². The zero-order valence-corrected chi connectivity index (χ0v) is 10.3. The van der Waals surface area contributed by atoms with Gasteiger partial charge in [-0.3, -0.25) is 9.59 Å². The van der Waals surface area contributed by atoms with Crippen molar-refractivity contribution in [2.24, 2.45) is 0 Å². The molecule has 100 valence electrons. The number of carboxylic acid groups (broad SMARTS) is 1. The third kappa shape index (κ3) is 3.21. The maximum atomic E-state index is 11.9. The van der Waals surface area contributed by atoms with E-state index in [-0.39, 0.29) is 24.7 Å². The van der Waals surface area contributed by atoms with E-state index < -0.39 is 5.97 Å². The number of aliphatic carboxylic acids is 1. The quantitative estimate of drug-likeness (QED) is 0.831. The van der Waals surface area contributed by atoms with E-state index in [0.717, 1.165) is 0 Å². The number of aromatic nitrogens is 2. The topological polar surface area (TPSA) is 97.4 Å². The number of carboxylic acids is 1. The van der Waals surface area contributed by atoms with Gasteiger partial charge in [0.2, 0.25) is 5.89 Å². The highest BCUT2D eigenvalue weighted by Crippen LogP contribution is 2.04. The first kappa shape index (κ1) is 12.9. The standard InChI is InChI=1S/C12H13N3O4/c1-8-5-13-10(19-8)6-14-12(18)9-3-2-4-15(9)7-11(16)17/h2-5H,6-7H2,1H3,(H,14,18)(H,16,17). The summed E-state index contributed by atoms with van der Waals surface area (Å²) < 4.78 is 6.58. The lowest BCUT2D eigenvalue weighted by Gasteiger charge is -2.06. The molecule has 0 saturated heterocycles. The van der Waals surface area contributed by atoms with Crippen molar-refractivity contribution in [3.8, 4) is 0 Å². The Morgan fingerprint density at radius 3 is 2.95 bits per heavy atom. The van der Waals surface area contributed by atoms with E-state index in [9.17, 15) is 9.59 Å². The van der Waals surface area contributed by atoms with E-state index in [2.05, 4.69) is 10.3 Å². The summed E-state index contributed by atoms with van der Waals surface area (Å²) in [5.41, 5.74) is 0.283. The van der Waals surface area contributed by atoms with Gasteiger partial charge in [0.1, 0.15) is 18.0 Å². The number of nitrogens with one attached hydrogen (secondary N) is 1. The summed E-state index contributed by atoms with van der Waals surface area (Å²) in [7, 11) is 0. The smallest absolute Gasteiger partial charge is 0.323 e. The fourth-order valence-corrected chi connectivity index (χ4v) is 1.63. The number of hydrogen-bond donors (Lipinski definition) is 2. The highest BCUT2D eigenvalue weighted by Gasteiger charge is 2.13. The van der Waals surface area contributed by atoms with Gasteiger partial charge in [-0.2, -0.15) is 0 Å². The first-order valence-corrected chi connectivity index (χ1v) is 5.62. The Morgan fingerprint density at radius 2 is 2.32 bits per heavy atom. The Labute approximate surface area is 108 Å². The highest BCUT2D eigenvalue weighted by atomic mass is 16.4. The van der Waals surface area contributed by atoms with Crippen molar-refractivity contribution in [2.45, 2.75) is 20.0 Å². The third-order valence-electron chi connectivity index (χ3n) is 2.44. The molecule has 0 aromatic carbocycles. The molecule has 0 saturated carbocycles. The normalized spacial score (nSPS) is 10.4. The van der Waals surface area contributed by atoms with E-state index in [0.29, 0.717) is 11.7 Å². The van der Waals surface area contributed by atoms with E-state index in [1.54, 1.807) is 31.5 Å². The van der Waals surface area contributed by atoms with Crippen LogP contribution in [0.3, 0.4) is 0 Å². The molecule has 0 aliphatic rings. The fraction of sp³-hybridized carbons (Fsp3) is 0.250. The van der Waals surface area contributed by atoms with Crippen molar-refractivity contribution in [3.05, 3.63) is 41.9 Å². The van der Waals surface area contributed by atoms with Crippen LogP contribution in [0.5, 0.6) is 0 Å². The van der Waals surface area contributed by atoms with E-state index in [1.165, 1.54) is 4.57 Å². The van der Waals surface area contributed by atoms with Gasteiger partial charge in [-0.05, 0) is 19.1 Å². The predicted molar refractivity (Wildman–Crippen MR) is 64.5 cm³/mol. The first-order valence-electron chi connectivity index (χ1n) is 5.62. The lowest BCUT2D eigenvalue weighted by Crippen LogP contribution is -2.26. The molecule has 0 bridgehead atoms. The molecule has 0 radical (unpaired) electrons. The number of rotatable bonds is 5. The number of carbonyl (C=O) groups is 2. The van der Waals surface area contributed by atoms with Crippen LogP contribution in [-0.2, 0) is 17.9 Å². The van der Waals surface area contributed by atoms with Crippen LogP contribution < -0.4 is 5.32 Å². The number of oxazole rings is 1. The van der Waals surface area contributed by atoms with E-state index >= 15 is 0 Å². The van der Waals surface area contributed by atoms with Crippen molar-refractivity contribution in [1.29, 1.82) is 0 Å². The second-order valence-corrected chi connectivity index (χ2v) is 3.96. The van der Waals surface area contributed by atoms with Gasteiger partial charge in [0, 0.05) is 6.20 Å². The molecule has 0 fully saturated rings. The minimum absolute atomic E-state index is 0.158. The summed E-state index contributed by atoms with van der Waals surface area (Å²) in [4.78, 5) is 26.5. The van der Waals surface area contributed by atoms with Crippen molar-refractivity contribution in [2.75, 3.05) is 0 Å². The van der Waals surface area contributed by atoms with Gasteiger partial charge in [0.05, 0.1) is 12.7 Å². The van der Waals surface area contributed by atoms with Gasteiger partial charge in [-0.1, -0.05) is 0 Å². The van der Waals surface area contributed by atoms with Gasteiger partial charge in [-0.15, -0.1) is 0 Å². The summed E-state index contributed by atoms with van der Waals surface area (Å²) in [5, 5.41) is 11.3. The molecule has 2 aromatic rings. The average molecular weight is 263 g/mol. The van der Waals surface area contributed by atoms with Crippen LogP contribution in [0.4, 0.5) is 0 Å². The lowest BCUT2D eigenvalue weighted by atomic mass is 10.4. The van der Waals surface area contributed by atoms with Crippen LogP contribution in [-0.4, -0.2) is 26.5 Å². The zero-order chi connectivity index (χ0) is 13.8. The molecule has 2 rings (SSSR count). The number of aryl methyl sites for hydroxylation is 1. The largest absolute Gasteiger partial charge is 0.480 e. The van der Waals surface area contributed by atoms with Crippen molar-refractivity contribution >= 4 is 11.9 Å². The number of amides is 1. The van der Waals surface area contributed by atoms with Crippen LogP contribution in [0.2, 0.25) is 0 Å². The molecule has 19 heavy (non-hydrogen) atoms. The molecule has 0 spiro atoms. The van der Waals surface area contributed by atoms with Crippen LogP contribution in [0.25, 0.3) is 0 Å². The summed E-state index contributed by atoms with van der Waals surface area (Å²) in [5.74, 6) is -0.309. The lowest BCUT2D eigenvalue weighted by molar-refractivity contribution is -0.137. The number of carbonyl (C=O) groups excluding carboxylic acids is 1. The molecule has 2 heterocycles. The minimum Gasteiger partial charge on any atom is -0.480 e. The fourth-order valence-electron chi connectivity index (χ4n) is 1.63. The maximum Gasteiger partial charge on any atom is 0.323 e. The Kier molecular flexibility index (Phi) is 3.65. The molecule has 0 atom stereocenters. The second-order valence-electron chi connectivity index (χ2n) is 3.96. The molecule has 7 nitrogen and oxygen atoms in total. The first-order chi connectivity index (χ1) is 9.06. The van der Waals surface area contributed by atoms with Crippen molar-refractivity contribution < 1.29 is 19.1 Å². The molecule has 7 heteroatoms. The van der Waals surface area contributed by atoms with Crippen molar-refractivity contribution in [1.82, 2.24) is 14.9 Å². The van der Waals surface area contributed by atoms with Crippen LogP contribution in [0.15, 0.2) is 28.9 Å². The van der Waals surface area contributed by atoms with Crippen LogP contribution in [0, 0.1) is 6.92 Å². The summed E-state index contributed by atoms with van der Waals surface area (Å²) in [6, 6.07) is 3.17. The van der Waals surface area contributed by atoms with Gasteiger partial charge in [0.15, 0.2) is 0 Å². The summed E-state index contributed by atoms with van der Waals surface area (Å²) in [6.45, 7) is 1.66. The predicted octanol–water partition coefficient (Wildman–Crippen LogP) is 0.799. The van der Waals surface area contributed by atoms with Crippen molar-refractivity contribution in [3.63, 3.8) is 0 Å². The van der Waals surface area contributed by atoms with E-state index in [1.807, 2.05) is 0 Å². The summed E-state index contributed by atoms with van der Waals surface area (Å²) >= 11 is 0. The molecule has 0 aliphatic heterocycles. The molecular formula is C12H13N3O4. The third-order valence-corrected chi connectivity index (χ3v) is 2.44. The monoisotopic (exact) mass is 263 g/mol. The molecule has 2 N–H and O–H groups in total. The molecule has 2 aromatic heterocycles. The van der Waals surface area contributed by atoms with Gasteiger partial charge >= 0.3 is 5.97 Å². The SMILES string of the molecule is Cc1cnc(CNC(=O)c2cccn2CC(=O)O)o1. The van der Waals surface area contributed by atoms with Gasteiger partial charge in [0.25, 0.3) is 5.91 Å². The average Bonchev–Trinajstić information content (AvgIpc) is 2.94. The Bertz CT molecular complexity index is 600. The second kappa shape index (κ2) is 5.38. The Morgan fingerprint density at radius 1 is 1.53 bits per heavy atom. The highest BCUT2D eigenvalue weighted by molar-refractivity contribution is 5.93. The minimum atomic E-state index is -1.01. The molecule has 0 unspecified atom stereocenters. The van der Waals surface area contributed by atoms with Crippen LogP contribution in [0.1, 0.15) is 22.1 Å². The molecular weight excluding hydrogens is 250 g/mol. The maximum absolute atomic E-state index is 11.9. The molecule has 1 amide bonds. The number of hydrogen-bond acceptors (Lipinski definition) is 4. The summed E-state index contributed by atoms with van der Waals surface area (Å²) in [6.07, 6.45) is 3.10. The zero-order valence-electron chi connectivity index (χ0n) is 10.3. The molecule has 0 aliphatic carbocycles. The van der Waals surface area contributed by atoms with Gasteiger partial charge < -0.3 is 19.4 Å². The van der Waals surface area contributed by atoms with Gasteiger partial charge in [-0.25, -0.2) is 4.98 Å². The van der Waals surface area contributed by atoms with Crippen LogP contribution >= 0.6 is 0 Å².